The highest BCUT2D eigenvalue weighted by Gasteiger charge is 2.53. The minimum Gasteiger partial charge on any atom is -0.468 e. The highest BCUT2D eigenvalue weighted by Crippen LogP contribution is 2.51. The third-order valence-electron chi connectivity index (χ3n) is 8.96. The first-order chi connectivity index (χ1) is 21.4. The highest BCUT2D eigenvalue weighted by molar-refractivity contribution is 8.19. The van der Waals surface area contributed by atoms with Crippen LogP contribution in [0.1, 0.15) is 78.6 Å². The van der Waals surface area contributed by atoms with Gasteiger partial charge in [-0.05, 0) is 88.2 Å². The predicted octanol–water partition coefficient (Wildman–Crippen LogP) is 5.10. The number of nitrogens with zero attached hydrogens (tertiary/aromatic N) is 1. The largest absolute Gasteiger partial charge is 0.468 e. The van der Waals surface area contributed by atoms with Gasteiger partial charge in [0.1, 0.15) is 23.9 Å². The zero-order chi connectivity index (χ0) is 32.7. The maximum absolute atomic E-state index is 12.7. The monoisotopic (exact) mass is 743 g/mol. The molecule has 1 amide bonds. The summed E-state index contributed by atoms with van der Waals surface area (Å²) in [4.78, 5) is 38.5. The van der Waals surface area contributed by atoms with Gasteiger partial charge in [-0.25, -0.2) is 4.79 Å². The molecule has 4 atom stereocenters. The number of rotatable bonds is 6. The van der Waals surface area contributed by atoms with Crippen LogP contribution in [0, 0.1) is 5.92 Å². The SMILES string of the molecule is COC(=O)[C@@H]1CC2(CN1)SCCCS2.COC(=O)[C@@H]1CC2(CN1[C@H](O)C(NC(=O)OC(C)(C)C)C1CCCCC1)SCCCS2.Cl. The minimum atomic E-state index is -0.970. The normalized spacial score (nSPS) is 27.4. The first kappa shape index (κ1) is 40.2. The Kier molecular flexibility index (Phi) is 15.9. The lowest BCUT2D eigenvalue weighted by atomic mass is 9.83. The smallest absolute Gasteiger partial charge is 0.408 e. The standard InChI is InChI=1S/C22H38N2O5S2.C9H15NO2S2.ClH/c1-21(2,3)29-20(27)23-17(15-9-6-5-7-10-15)18(25)24-14-22(30-11-8-12-31-22)13-16(24)19(26)28-4;1-12-8(11)7-5-9(6-10-7)13-3-2-4-14-9;/h15-18,25H,5-14H2,1-4H3,(H,23,27);7,10H,2-6H2,1H3;1H/t16-,17?,18+;7-;/m00./s1. The molecule has 0 aromatic rings. The van der Waals surface area contributed by atoms with Crippen LogP contribution >= 0.6 is 59.5 Å². The van der Waals surface area contributed by atoms with Crippen LogP contribution in [0.4, 0.5) is 4.79 Å². The lowest BCUT2D eigenvalue weighted by Gasteiger charge is -2.40. The second kappa shape index (κ2) is 18.1. The van der Waals surface area contributed by atoms with Crippen molar-refractivity contribution in [1.82, 2.24) is 15.5 Å². The molecule has 1 unspecified atom stereocenters. The van der Waals surface area contributed by atoms with E-state index in [0.717, 1.165) is 56.6 Å². The van der Waals surface area contributed by atoms with E-state index >= 15 is 0 Å². The number of carbonyl (C=O) groups is 3. The quantitative estimate of drug-likeness (QED) is 0.247. The van der Waals surface area contributed by atoms with Gasteiger partial charge in [-0.1, -0.05) is 19.3 Å². The van der Waals surface area contributed by atoms with Crippen LogP contribution in [0.2, 0.25) is 0 Å². The molecule has 266 valence electrons. The fourth-order valence-electron chi connectivity index (χ4n) is 6.78. The molecule has 46 heavy (non-hydrogen) atoms. The van der Waals surface area contributed by atoms with Crippen LogP contribution in [0.15, 0.2) is 0 Å². The maximum Gasteiger partial charge on any atom is 0.408 e. The zero-order valence-corrected chi connectivity index (χ0v) is 32.0. The number of aliphatic hydroxyl groups excluding tert-OH is 1. The van der Waals surface area contributed by atoms with Crippen LogP contribution in [-0.4, -0.2) is 116 Å². The van der Waals surface area contributed by atoms with Crippen LogP contribution in [-0.2, 0) is 23.8 Å². The number of likely N-dealkylation sites (tertiary alicyclic amines) is 1. The number of aliphatic hydroxyl groups is 1. The lowest BCUT2D eigenvalue weighted by molar-refractivity contribution is -0.151. The molecule has 5 fully saturated rings. The molecule has 0 aromatic carbocycles. The summed E-state index contributed by atoms with van der Waals surface area (Å²) in [6.07, 6.45) is 7.76. The molecule has 1 saturated carbocycles. The molecule has 4 heterocycles. The van der Waals surface area contributed by atoms with Gasteiger partial charge in [0.05, 0.1) is 28.4 Å². The number of hydrogen-bond acceptors (Lipinski definition) is 13. The summed E-state index contributed by atoms with van der Waals surface area (Å²) >= 11 is 7.77. The van der Waals surface area contributed by atoms with Crippen molar-refractivity contribution in [3.8, 4) is 0 Å². The van der Waals surface area contributed by atoms with E-state index in [1.54, 1.807) is 0 Å². The Morgan fingerprint density at radius 2 is 1.43 bits per heavy atom. The number of methoxy groups -OCH3 is 2. The Morgan fingerprint density at radius 1 is 0.870 bits per heavy atom. The van der Waals surface area contributed by atoms with Gasteiger partial charge in [0.15, 0.2) is 0 Å². The predicted molar refractivity (Wildman–Crippen MR) is 193 cm³/mol. The van der Waals surface area contributed by atoms with E-state index in [1.165, 1.54) is 38.6 Å². The van der Waals surface area contributed by atoms with Crippen molar-refractivity contribution in [2.75, 3.05) is 50.3 Å². The molecule has 5 rings (SSSR count). The average molecular weight is 745 g/mol. The summed E-state index contributed by atoms with van der Waals surface area (Å²) in [5, 5.41) is 17.8. The van der Waals surface area contributed by atoms with Crippen molar-refractivity contribution in [2.24, 2.45) is 5.92 Å². The molecule has 4 saturated heterocycles. The number of carbonyl (C=O) groups excluding carboxylic acids is 3. The number of nitrogens with one attached hydrogen (secondary N) is 2. The zero-order valence-electron chi connectivity index (χ0n) is 27.9. The Morgan fingerprint density at radius 3 is 1.98 bits per heavy atom. The summed E-state index contributed by atoms with van der Waals surface area (Å²) in [5.74, 6) is 4.29. The van der Waals surface area contributed by atoms with E-state index in [1.807, 2.05) is 72.7 Å². The number of amides is 1. The number of thioether (sulfide) groups is 4. The van der Waals surface area contributed by atoms with Gasteiger partial charge in [-0.15, -0.1) is 59.5 Å². The molecule has 4 aliphatic heterocycles. The van der Waals surface area contributed by atoms with Crippen molar-refractivity contribution in [2.45, 2.75) is 117 Å². The van der Waals surface area contributed by atoms with Gasteiger partial charge < -0.3 is 30.0 Å². The van der Waals surface area contributed by atoms with Crippen LogP contribution in [0.5, 0.6) is 0 Å². The second-order valence-electron chi connectivity index (χ2n) is 13.5. The molecule has 0 bridgehead atoms. The van der Waals surface area contributed by atoms with E-state index < -0.39 is 30.0 Å². The van der Waals surface area contributed by atoms with Crippen molar-refractivity contribution >= 4 is 77.5 Å². The summed E-state index contributed by atoms with van der Waals surface area (Å²) < 4.78 is 15.5. The molecule has 10 nitrogen and oxygen atoms in total. The molecule has 2 spiro atoms. The van der Waals surface area contributed by atoms with E-state index in [2.05, 4.69) is 10.6 Å². The Balaban J connectivity index is 0.000000320. The van der Waals surface area contributed by atoms with Crippen molar-refractivity contribution in [1.29, 1.82) is 0 Å². The molecule has 0 radical (unpaired) electrons. The number of esters is 2. The van der Waals surface area contributed by atoms with Crippen LogP contribution < -0.4 is 10.6 Å². The third kappa shape index (κ3) is 10.9. The van der Waals surface area contributed by atoms with Gasteiger partial charge in [0.25, 0.3) is 0 Å². The van der Waals surface area contributed by atoms with E-state index in [4.69, 9.17) is 14.2 Å². The number of alkyl carbamates (subject to hydrolysis) is 1. The number of hydrogen-bond donors (Lipinski definition) is 3. The number of ether oxygens (including phenoxy) is 3. The van der Waals surface area contributed by atoms with Gasteiger partial charge in [-0.3, -0.25) is 14.5 Å². The van der Waals surface area contributed by atoms with E-state index in [0.29, 0.717) is 13.0 Å². The van der Waals surface area contributed by atoms with Gasteiger partial charge >= 0.3 is 18.0 Å². The molecule has 15 heteroatoms. The Labute approximate surface area is 298 Å². The summed E-state index contributed by atoms with van der Waals surface area (Å²) in [6.45, 7) is 7.01. The molecule has 3 N–H and O–H groups in total. The van der Waals surface area contributed by atoms with Crippen LogP contribution in [0.3, 0.4) is 0 Å². The van der Waals surface area contributed by atoms with Gasteiger partial charge in [0.2, 0.25) is 0 Å². The molecular formula is C31H54ClN3O7S4. The number of halogens is 1. The van der Waals surface area contributed by atoms with Crippen molar-refractivity contribution < 1.29 is 33.7 Å². The molecule has 5 aliphatic rings. The molecule has 0 aromatic heterocycles. The van der Waals surface area contributed by atoms with Crippen molar-refractivity contribution in [3.63, 3.8) is 0 Å². The maximum atomic E-state index is 12.7. The van der Waals surface area contributed by atoms with Gasteiger partial charge in [0, 0.05) is 13.1 Å². The van der Waals surface area contributed by atoms with E-state index in [9.17, 15) is 19.5 Å². The first-order valence-corrected chi connectivity index (χ1v) is 20.2. The van der Waals surface area contributed by atoms with Gasteiger partial charge in [-0.2, -0.15) is 0 Å². The summed E-state index contributed by atoms with van der Waals surface area (Å²) in [7, 11) is 2.85. The van der Waals surface area contributed by atoms with Crippen LogP contribution in [0.25, 0.3) is 0 Å². The highest BCUT2D eigenvalue weighted by atomic mass is 35.5. The molecule has 1 aliphatic carbocycles. The fourth-order valence-corrected chi connectivity index (χ4v) is 13.4. The lowest BCUT2D eigenvalue weighted by Crippen LogP contribution is -2.58. The summed E-state index contributed by atoms with van der Waals surface area (Å²) in [5.41, 5.74) is -0.617. The van der Waals surface area contributed by atoms with Crippen molar-refractivity contribution in [3.05, 3.63) is 0 Å². The molecular weight excluding hydrogens is 690 g/mol. The topological polar surface area (TPSA) is 126 Å². The Hall–Kier alpha value is -0.220. The average Bonchev–Trinajstić information content (AvgIpc) is 3.61. The Bertz CT molecular complexity index is 1010. The second-order valence-corrected chi connectivity index (χ2v) is 19.9. The summed E-state index contributed by atoms with van der Waals surface area (Å²) in [6, 6.07) is -1.08. The third-order valence-corrected chi connectivity index (χ3v) is 15.7. The first-order valence-electron chi connectivity index (χ1n) is 16.3. The van der Waals surface area contributed by atoms with E-state index in [-0.39, 0.29) is 44.5 Å². The minimum absolute atomic E-state index is 0. The fraction of sp³-hybridized carbons (Fsp3) is 0.903.